The number of unbranched alkanes of at least 4 members (excludes halogenated alkanes) is 1. The van der Waals surface area contributed by atoms with Crippen molar-refractivity contribution in [2.24, 2.45) is 0 Å². The smallest absolute Gasteiger partial charge is 0.254 e. The van der Waals surface area contributed by atoms with Crippen LogP contribution in [0.5, 0.6) is 0 Å². The zero-order valence-corrected chi connectivity index (χ0v) is 12.4. The van der Waals surface area contributed by atoms with Gasteiger partial charge in [-0.2, -0.15) is 0 Å². The van der Waals surface area contributed by atoms with E-state index in [1.807, 2.05) is 31.2 Å². The van der Waals surface area contributed by atoms with Gasteiger partial charge in [-0.05, 0) is 31.0 Å². The molecule has 2 aromatic rings. The van der Waals surface area contributed by atoms with Crippen molar-refractivity contribution in [2.75, 3.05) is 11.9 Å². The van der Waals surface area contributed by atoms with Crippen molar-refractivity contribution in [1.29, 1.82) is 0 Å². The van der Waals surface area contributed by atoms with E-state index in [1.54, 1.807) is 0 Å². The Morgan fingerprint density at radius 2 is 2.00 bits per heavy atom. The van der Waals surface area contributed by atoms with Crippen LogP contribution < -0.4 is 10.6 Å². The van der Waals surface area contributed by atoms with Crippen molar-refractivity contribution < 1.29 is 4.79 Å². The number of aryl methyl sites for hydroxylation is 1. The number of hydrogen-bond acceptors (Lipinski definition) is 4. The van der Waals surface area contributed by atoms with Gasteiger partial charge in [-0.3, -0.25) is 4.79 Å². The molecule has 5 nitrogen and oxygen atoms in total. The second-order valence-corrected chi connectivity index (χ2v) is 4.90. The second kappa shape index (κ2) is 7.38. The quantitative estimate of drug-likeness (QED) is 0.800. The molecule has 0 unspecified atom stereocenters. The fourth-order valence-corrected chi connectivity index (χ4v) is 1.84. The minimum absolute atomic E-state index is 0.134. The summed E-state index contributed by atoms with van der Waals surface area (Å²) in [4.78, 5) is 20.2. The van der Waals surface area contributed by atoms with E-state index >= 15 is 0 Å². The first-order chi connectivity index (χ1) is 10.2. The minimum atomic E-state index is -0.134. The number of carbonyl (C=O) groups is 1. The average Bonchev–Trinajstić information content (AvgIpc) is 2.48. The van der Waals surface area contributed by atoms with Crippen LogP contribution in [0.15, 0.2) is 36.7 Å². The van der Waals surface area contributed by atoms with E-state index < -0.39 is 0 Å². The van der Waals surface area contributed by atoms with Gasteiger partial charge in [0.1, 0.15) is 0 Å². The Bertz CT molecular complexity index is 595. The molecular weight excluding hydrogens is 264 g/mol. The zero-order valence-electron chi connectivity index (χ0n) is 12.4. The fourth-order valence-electron chi connectivity index (χ4n) is 1.84. The molecule has 0 saturated heterocycles. The summed E-state index contributed by atoms with van der Waals surface area (Å²) in [6, 6.07) is 7.94. The van der Waals surface area contributed by atoms with Crippen LogP contribution in [-0.2, 0) is 0 Å². The lowest BCUT2D eigenvalue weighted by Gasteiger charge is -2.07. The third kappa shape index (κ3) is 4.56. The van der Waals surface area contributed by atoms with Crippen LogP contribution in [0.25, 0.3) is 0 Å². The van der Waals surface area contributed by atoms with Gasteiger partial charge in [0.2, 0.25) is 5.95 Å². The number of amides is 1. The van der Waals surface area contributed by atoms with Crippen LogP contribution in [0.1, 0.15) is 35.7 Å². The monoisotopic (exact) mass is 284 g/mol. The first-order valence-electron chi connectivity index (χ1n) is 7.13. The Hall–Kier alpha value is -2.43. The molecule has 2 N–H and O–H groups in total. The van der Waals surface area contributed by atoms with Crippen molar-refractivity contribution in [1.82, 2.24) is 15.3 Å². The first-order valence-corrected chi connectivity index (χ1v) is 7.13. The molecule has 0 saturated carbocycles. The van der Waals surface area contributed by atoms with E-state index in [9.17, 15) is 4.79 Å². The summed E-state index contributed by atoms with van der Waals surface area (Å²) in [5, 5.41) is 5.95. The first kappa shape index (κ1) is 15.0. The molecule has 0 spiro atoms. The summed E-state index contributed by atoms with van der Waals surface area (Å²) in [6.07, 6.45) is 5.09. The topological polar surface area (TPSA) is 66.9 Å². The van der Waals surface area contributed by atoms with Crippen LogP contribution in [0.4, 0.5) is 11.6 Å². The van der Waals surface area contributed by atoms with E-state index in [0.717, 1.165) is 24.1 Å². The molecule has 1 aromatic heterocycles. The molecule has 0 aliphatic carbocycles. The molecule has 0 aliphatic rings. The maximum Gasteiger partial charge on any atom is 0.254 e. The van der Waals surface area contributed by atoms with Gasteiger partial charge in [0.25, 0.3) is 5.91 Å². The summed E-state index contributed by atoms with van der Waals surface area (Å²) >= 11 is 0. The molecule has 1 amide bonds. The van der Waals surface area contributed by atoms with E-state index in [4.69, 9.17) is 0 Å². The highest BCUT2D eigenvalue weighted by molar-refractivity contribution is 5.93. The molecule has 0 bridgehead atoms. The summed E-state index contributed by atoms with van der Waals surface area (Å²) in [7, 11) is 0. The van der Waals surface area contributed by atoms with Gasteiger partial charge in [0.05, 0.1) is 5.56 Å². The molecule has 0 fully saturated rings. The largest absolute Gasteiger partial charge is 0.352 e. The number of aromatic nitrogens is 2. The van der Waals surface area contributed by atoms with Gasteiger partial charge < -0.3 is 10.6 Å². The molecule has 21 heavy (non-hydrogen) atoms. The predicted octanol–water partition coefficient (Wildman–Crippen LogP) is 3.06. The third-order valence-corrected chi connectivity index (χ3v) is 3.00. The average molecular weight is 284 g/mol. The van der Waals surface area contributed by atoms with E-state index in [-0.39, 0.29) is 5.91 Å². The van der Waals surface area contributed by atoms with Gasteiger partial charge in [0.15, 0.2) is 0 Å². The van der Waals surface area contributed by atoms with Crippen molar-refractivity contribution in [3.8, 4) is 0 Å². The number of carbonyl (C=O) groups excluding carboxylic acids is 1. The maximum absolute atomic E-state index is 11.8. The Kier molecular flexibility index (Phi) is 5.26. The second-order valence-electron chi connectivity index (χ2n) is 4.90. The number of rotatable bonds is 6. The SMILES string of the molecule is CCCCNC(=O)c1cnc(Nc2cccc(C)c2)nc1. The van der Waals surface area contributed by atoms with Crippen LogP contribution in [0.3, 0.4) is 0 Å². The number of benzene rings is 1. The molecule has 1 aromatic carbocycles. The van der Waals surface area contributed by atoms with Crippen molar-refractivity contribution in [2.45, 2.75) is 26.7 Å². The normalized spacial score (nSPS) is 10.2. The number of nitrogens with zero attached hydrogens (tertiary/aromatic N) is 2. The standard InChI is InChI=1S/C16H20N4O/c1-3-4-8-17-15(21)13-10-18-16(19-11-13)20-14-7-5-6-12(2)9-14/h5-7,9-11H,3-4,8H2,1-2H3,(H,17,21)(H,18,19,20). The molecule has 2 rings (SSSR count). The lowest BCUT2D eigenvalue weighted by atomic mass is 10.2. The summed E-state index contributed by atoms with van der Waals surface area (Å²) in [5.41, 5.74) is 2.56. The molecule has 0 atom stereocenters. The van der Waals surface area contributed by atoms with Crippen LogP contribution in [0, 0.1) is 6.92 Å². The van der Waals surface area contributed by atoms with Gasteiger partial charge in [-0.1, -0.05) is 25.5 Å². The van der Waals surface area contributed by atoms with E-state index in [1.165, 1.54) is 12.4 Å². The molecule has 5 heteroatoms. The zero-order chi connectivity index (χ0) is 15.1. The van der Waals surface area contributed by atoms with Crippen molar-refractivity contribution in [3.63, 3.8) is 0 Å². The van der Waals surface area contributed by atoms with E-state index in [2.05, 4.69) is 27.5 Å². The van der Waals surface area contributed by atoms with Crippen LogP contribution >= 0.6 is 0 Å². The predicted molar refractivity (Wildman–Crippen MR) is 83.7 cm³/mol. The highest BCUT2D eigenvalue weighted by Crippen LogP contribution is 2.13. The third-order valence-electron chi connectivity index (χ3n) is 3.00. The number of nitrogens with one attached hydrogen (secondary N) is 2. The lowest BCUT2D eigenvalue weighted by Crippen LogP contribution is -2.24. The van der Waals surface area contributed by atoms with Gasteiger partial charge in [-0.15, -0.1) is 0 Å². The Morgan fingerprint density at radius 3 is 2.67 bits per heavy atom. The molecule has 0 radical (unpaired) electrons. The lowest BCUT2D eigenvalue weighted by molar-refractivity contribution is 0.0952. The van der Waals surface area contributed by atoms with Crippen molar-refractivity contribution in [3.05, 3.63) is 47.8 Å². The molecule has 1 heterocycles. The Labute approximate surface area is 124 Å². The van der Waals surface area contributed by atoms with Crippen LogP contribution in [-0.4, -0.2) is 22.4 Å². The minimum Gasteiger partial charge on any atom is -0.352 e. The summed E-state index contributed by atoms with van der Waals surface area (Å²) in [5.74, 6) is 0.344. The molecule has 110 valence electrons. The highest BCUT2D eigenvalue weighted by Gasteiger charge is 2.06. The number of anilines is 2. The summed E-state index contributed by atoms with van der Waals surface area (Å²) < 4.78 is 0. The van der Waals surface area contributed by atoms with Gasteiger partial charge in [0, 0.05) is 24.6 Å². The van der Waals surface area contributed by atoms with Gasteiger partial charge in [-0.25, -0.2) is 9.97 Å². The fraction of sp³-hybridized carbons (Fsp3) is 0.312. The Morgan fingerprint density at radius 1 is 1.24 bits per heavy atom. The molecule has 0 aliphatic heterocycles. The summed E-state index contributed by atoms with van der Waals surface area (Å²) in [6.45, 7) is 4.79. The van der Waals surface area contributed by atoms with E-state index in [0.29, 0.717) is 18.1 Å². The van der Waals surface area contributed by atoms with Gasteiger partial charge >= 0.3 is 0 Å². The number of hydrogen-bond donors (Lipinski definition) is 2. The highest BCUT2D eigenvalue weighted by atomic mass is 16.1. The Balaban J connectivity index is 1.97. The van der Waals surface area contributed by atoms with Crippen LogP contribution in [0.2, 0.25) is 0 Å². The molecular formula is C16H20N4O. The van der Waals surface area contributed by atoms with Crippen molar-refractivity contribution >= 4 is 17.5 Å². The maximum atomic E-state index is 11.8.